The van der Waals surface area contributed by atoms with Gasteiger partial charge in [-0.3, -0.25) is 0 Å². The van der Waals surface area contributed by atoms with Gasteiger partial charge in [-0.05, 0) is 0 Å². The molecule has 0 aliphatic rings. The van der Waals surface area contributed by atoms with E-state index in [4.69, 9.17) is 0 Å². The summed E-state index contributed by atoms with van der Waals surface area (Å²) in [6.07, 6.45) is 0. The Morgan fingerprint density at radius 2 is 1.00 bits per heavy atom. The Hall–Kier alpha value is 2.69. The molecule has 0 saturated carbocycles. The first-order valence-electron chi connectivity index (χ1n) is 0. The van der Waals surface area contributed by atoms with E-state index in [2.05, 4.69) is 0 Å². The second kappa shape index (κ2) is 17.3. The molecule has 0 rings (SSSR count). The maximum Gasteiger partial charge on any atom is 0 e. The number of hydrogen-bond acceptors (Lipinski definition) is 0. The van der Waals surface area contributed by atoms with Crippen molar-refractivity contribution in [3.63, 3.8) is 0 Å². The summed E-state index contributed by atoms with van der Waals surface area (Å²) in [7, 11) is 0. The van der Waals surface area contributed by atoms with Crippen LogP contribution in [0.5, 0.6) is 0 Å². The second-order valence-corrected chi connectivity index (χ2v) is 0. The molecule has 0 N–H and O–H groups in total. The standard InChI is InChI=1S/B.La.Ta.W. The summed E-state index contributed by atoms with van der Waals surface area (Å²) in [5, 5.41) is 0. The maximum atomic E-state index is 0. The van der Waals surface area contributed by atoms with Crippen LogP contribution in [0.3, 0.4) is 0 Å². The van der Waals surface area contributed by atoms with E-state index in [0.717, 1.165) is 0 Å². The Labute approximate surface area is 85.8 Å². The minimum Gasteiger partial charge on any atom is 0 e. The van der Waals surface area contributed by atoms with Gasteiger partial charge in [-0.1, -0.05) is 0 Å². The molecule has 4 heteroatoms. The van der Waals surface area contributed by atoms with Crippen molar-refractivity contribution in [2.45, 2.75) is 0 Å². The molecule has 0 aromatic rings. The molecule has 0 amide bonds. The van der Waals surface area contributed by atoms with Gasteiger partial charge in [-0.2, -0.15) is 0 Å². The molecule has 0 unspecified atom stereocenters. The second-order valence-electron chi connectivity index (χ2n) is 0. The van der Waals surface area contributed by atoms with Gasteiger partial charge < -0.3 is 0 Å². The molecule has 17 valence electrons. The summed E-state index contributed by atoms with van der Waals surface area (Å²) >= 11 is 0. The topological polar surface area (TPSA) is 0 Å². The van der Waals surface area contributed by atoms with Gasteiger partial charge in [-0.15, -0.1) is 0 Å². The molecule has 0 nitrogen and oxygen atoms in total. The third-order valence-electron chi connectivity index (χ3n) is 0. The molecule has 0 aromatic heterocycles. The van der Waals surface area contributed by atoms with E-state index in [1.807, 2.05) is 0 Å². The van der Waals surface area contributed by atoms with Gasteiger partial charge in [0.25, 0.3) is 0 Å². The van der Waals surface area contributed by atoms with Crippen molar-refractivity contribution >= 4 is 8.41 Å². The van der Waals surface area contributed by atoms with E-state index in [9.17, 15) is 0 Å². The van der Waals surface area contributed by atoms with Crippen LogP contribution in [0.15, 0.2) is 0 Å². The van der Waals surface area contributed by atoms with Gasteiger partial charge >= 0.3 is 0 Å². The summed E-state index contributed by atoms with van der Waals surface area (Å²) in [6, 6.07) is 0. The molecule has 4 heavy (non-hydrogen) atoms. The van der Waals surface area contributed by atoms with Crippen LogP contribution in [0.1, 0.15) is 0 Å². The summed E-state index contributed by atoms with van der Waals surface area (Å²) in [6.45, 7) is 0. The summed E-state index contributed by atoms with van der Waals surface area (Å²) in [5.74, 6) is 0. The third-order valence-corrected chi connectivity index (χ3v) is 0. The van der Waals surface area contributed by atoms with Crippen molar-refractivity contribution in [1.82, 2.24) is 0 Å². The van der Waals surface area contributed by atoms with E-state index in [1.165, 1.54) is 0 Å². The van der Waals surface area contributed by atoms with Gasteiger partial charge in [0.2, 0.25) is 0 Å². The molecule has 0 aliphatic heterocycles. The smallest absolute Gasteiger partial charge is 0 e. The van der Waals surface area contributed by atoms with Gasteiger partial charge in [0, 0.05) is 87.5 Å². The van der Waals surface area contributed by atoms with Crippen molar-refractivity contribution in [3.8, 4) is 0 Å². The fraction of sp³-hybridized carbons (Fsp3) is 0. The number of hydrogen-bond donors (Lipinski definition) is 0. The Bertz CT molecular complexity index is 8.00. The summed E-state index contributed by atoms with van der Waals surface area (Å²) < 4.78 is 0. The van der Waals surface area contributed by atoms with Crippen LogP contribution >= 0.6 is 0 Å². The average molecular weight is 515 g/mol. The predicted octanol–water partition coefficient (Wildman–Crippen LogP) is -0.386. The summed E-state index contributed by atoms with van der Waals surface area (Å²) in [4.78, 5) is 0. The molecule has 0 aromatic carbocycles. The minimum atomic E-state index is 0. The molecule has 0 atom stereocenters. The Morgan fingerprint density at radius 1 is 1.00 bits per heavy atom. The molecule has 5 radical (unpaired) electrons. The quantitative estimate of drug-likeness (QED) is 0.387. The SMILES string of the molecule is [B].[La].[Ta].[W]. The van der Waals surface area contributed by atoms with Crippen molar-refractivity contribution in [1.29, 1.82) is 0 Å². The zero-order valence-corrected chi connectivity index (χ0v) is 11.8. The zero-order chi connectivity index (χ0) is 0. The minimum absolute atomic E-state index is 0. The van der Waals surface area contributed by atoms with Gasteiger partial charge in [0.1, 0.15) is 0 Å². The van der Waals surface area contributed by atoms with E-state index in [1.54, 1.807) is 0 Å². The van der Waals surface area contributed by atoms with E-state index in [0.29, 0.717) is 0 Å². The van der Waals surface area contributed by atoms with Crippen molar-refractivity contribution in [2.24, 2.45) is 0 Å². The van der Waals surface area contributed by atoms with Crippen LogP contribution < -0.4 is 0 Å². The molecule has 0 bridgehead atoms. The fourth-order valence-corrected chi connectivity index (χ4v) is 0. The Kier molecular flexibility index (Phi) is 130. The first-order chi connectivity index (χ1) is 0. The van der Waals surface area contributed by atoms with Crippen LogP contribution in [0.4, 0.5) is 0 Å². The zero-order valence-electron chi connectivity index (χ0n) is 2.01. The van der Waals surface area contributed by atoms with Crippen LogP contribution in [-0.2, 0) is 43.4 Å². The van der Waals surface area contributed by atoms with E-state index < -0.39 is 0 Å². The fourth-order valence-electron chi connectivity index (χ4n) is 0. The number of rotatable bonds is 0. The largest absolute Gasteiger partial charge is 0 e. The van der Waals surface area contributed by atoms with Crippen molar-refractivity contribution in [2.75, 3.05) is 0 Å². The maximum absolute atomic E-state index is 0. The molecular formula is BLaTaW. The normalized spacial score (nSPS) is 0. The first-order valence-corrected chi connectivity index (χ1v) is 0. The molecule has 0 aliphatic carbocycles. The van der Waals surface area contributed by atoms with Crippen LogP contribution in [0, 0.1) is 35.6 Å². The van der Waals surface area contributed by atoms with Crippen LogP contribution in [0.2, 0.25) is 0 Å². The van der Waals surface area contributed by atoms with Crippen molar-refractivity contribution < 1.29 is 79.0 Å². The van der Waals surface area contributed by atoms with E-state index >= 15 is 0 Å². The van der Waals surface area contributed by atoms with Gasteiger partial charge in [0.05, 0.1) is 0 Å². The predicted molar refractivity (Wildman–Crippen MR) is 5.75 cm³/mol. The molecule has 0 heterocycles. The first kappa shape index (κ1) is 29.9. The Morgan fingerprint density at radius 3 is 1.00 bits per heavy atom. The van der Waals surface area contributed by atoms with Gasteiger partial charge in [0.15, 0.2) is 0 Å². The Balaban J connectivity index is 0. The average Bonchev–Trinajstić information content (AvgIpc) is 0. The molecule has 0 spiro atoms. The van der Waals surface area contributed by atoms with Crippen molar-refractivity contribution in [3.05, 3.63) is 0 Å². The van der Waals surface area contributed by atoms with Crippen LogP contribution in [-0.4, -0.2) is 8.41 Å². The monoisotopic (exact) mass is 515 g/mol. The van der Waals surface area contributed by atoms with E-state index in [-0.39, 0.29) is 87.5 Å². The van der Waals surface area contributed by atoms with Crippen LogP contribution in [0.25, 0.3) is 0 Å². The summed E-state index contributed by atoms with van der Waals surface area (Å²) in [5.41, 5.74) is 0. The molecule has 0 saturated heterocycles. The van der Waals surface area contributed by atoms with Gasteiger partial charge in [-0.25, -0.2) is 0 Å². The molecule has 0 fully saturated rings. The third kappa shape index (κ3) is 8.82. The molecular weight excluding hydrogens is 515 g/mol.